The molecular weight excluding hydrogens is 102 g/mol. The Balaban J connectivity index is 1.89. The smallest absolute Gasteiger partial charge is 0.0877 e. The summed E-state index contributed by atoms with van der Waals surface area (Å²) in [6, 6.07) is 0. The highest BCUT2D eigenvalue weighted by Crippen LogP contribution is 1.97. The Labute approximate surface area is 49.6 Å². The number of rotatable bonds is 3. The van der Waals surface area contributed by atoms with E-state index in [9.17, 15) is 0 Å². The zero-order chi connectivity index (χ0) is 5.98. The highest BCUT2D eigenvalue weighted by Gasteiger charge is 2.30. The maximum Gasteiger partial charge on any atom is 0.0877 e. The molecule has 0 aromatic carbocycles. The first-order chi connectivity index (χ1) is 3.84. The molecule has 3 nitrogen and oxygen atoms in total. The van der Waals surface area contributed by atoms with Gasteiger partial charge in [0.05, 0.1) is 12.3 Å². The molecule has 1 saturated heterocycles. The molecule has 0 aromatic heterocycles. The number of hydrogen-bond acceptors (Lipinski definition) is 3. The Morgan fingerprint density at radius 3 is 2.75 bits per heavy atom. The van der Waals surface area contributed by atoms with Crippen LogP contribution < -0.4 is 16.4 Å². The first kappa shape index (κ1) is 6.01. The van der Waals surface area contributed by atoms with Gasteiger partial charge in [-0.15, -0.1) is 0 Å². The van der Waals surface area contributed by atoms with Gasteiger partial charge in [-0.1, -0.05) is 6.92 Å². The zero-order valence-corrected chi connectivity index (χ0v) is 5.15. The fourth-order valence-electron chi connectivity index (χ4n) is 0.638. The van der Waals surface area contributed by atoms with Gasteiger partial charge in [-0.05, 0) is 13.0 Å². The van der Waals surface area contributed by atoms with Gasteiger partial charge in [0.25, 0.3) is 0 Å². The fourth-order valence-corrected chi connectivity index (χ4v) is 0.638. The second-order valence-electron chi connectivity index (χ2n) is 2.12. The molecule has 2 unspecified atom stereocenters. The minimum Gasteiger partial charge on any atom is -0.313 e. The topological polar surface area (TPSA) is 60.0 Å². The van der Waals surface area contributed by atoms with Crippen LogP contribution in [-0.2, 0) is 0 Å². The Hall–Kier alpha value is -0.120. The lowest BCUT2D eigenvalue weighted by Gasteiger charge is -1.94. The maximum absolute atomic E-state index is 5.43. The second kappa shape index (κ2) is 2.44. The van der Waals surface area contributed by atoms with Gasteiger partial charge in [0.2, 0.25) is 0 Å². The summed E-state index contributed by atoms with van der Waals surface area (Å²) in [5, 5.41) is 6.25. The van der Waals surface area contributed by atoms with Crippen LogP contribution >= 0.6 is 0 Å². The van der Waals surface area contributed by atoms with E-state index < -0.39 is 0 Å². The quantitative estimate of drug-likeness (QED) is 0.422. The lowest BCUT2D eigenvalue weighted by atomic mass is 10.5. The van der Waals surface area contributed by atoms with Crippen molar-refractivity contribution in [3.8, 4) is 0 Å². The molecule has 3 heteroatoms. The molecule has 2 atom stereocenters. The average Bonchev–Trinajstić information content (AvgIpc) is 2.42. The van der Waals surface area contributed by atoms with Crippen LogP contribution in [0.4, 0.5) is 0 Å². The summed E-state index contributed by atoms with van der Waals surface area (Å²) in [7, 11) is 0. The summed E-state index contributed by atoms with van der Waals surface area (Å²) in [6.45, 7) is 3.20. The molecule has 48 valence electrons. The van der Waals surface area contributed by atoms with Gasteiger partial charge in [0.1, 0.15) is 0 Å². The first-order valence-corrected chi connectivity index (χ1v) is 3.09. The Morgan fingerprint density at radius 1 is 1.75 bits per heavy atom. The van der Waals surface area contributed by atoms with Gasteiger partial charge < -0.3 is 5.73 Å². The molecule has 0 aliphatic carbocycles. The number of nitrogens with two attached hydrogens (primary N) is 1. The van der Waals surface area contributed by atoms with Crippen molar-refractivity contribution in [2.24, 2.45) is 5.73 Å². The molecule has 1 aliphatic heterocycles. The number of hydrogen-bond donors (Lipinski definition) is 3. The average molecular weight is 115 g/mol. The van der Waals surface area contributed by atoms with Crippen molar-refractivity contribution in [2.45, 2.75) is 25.7 Å². The van der Waals surface area contributed by atoms with E-state index in [4.69, 9.17) is 5.73 Å². The summed E-state index contributed by atoms with van der Waals surface area (Å²) >= 11 is 0. The van der Waals surface area contributed by atoms with Gasteiger partial charge in [0, 0.05) is 0 Å². The van der Waals surface area contributed by atoms with Crippen LogP contribution in [0.15, 0.2) is 0 Å². The summed E-state index contributed by atoms with van der Waals surface area (Å²) < 4.78 is 0. The lowest BCUT2D eigenvalue weighted by molar-refractivity contribution is 0.649. The normalized spacial score (nSPS) is 35.2. The summed E-state index contributed by atoms with van der Waals surface area (Å²) in [5.74, 6) is 0. The van der Waals surface area contributed by atoms with Crippen molar-refractivity contribution in [3.63, 3.8) is 0 Å². The molecule has 0 radical (unpaired) electrons. The lowest BCUT2D eigenvalue weighted by Crippen LogP contribution is -2.23. The minimum absolute atomic E-state index is 0.210. The van der Waals surface area contributed by atoms with Gasteiger partial charge in [-0.3, -0.25) is 10.6 Å². The third-order valence-corrected chi connectivity index (χ3v) is 1.24. The van der Waals surface area contributed by atoms with Crippen molar-refractivity contribution >= 4 is 0 Å². The molecule has 1 aliphatic rings. The van der Waals surface area contributed by atoms with E-state index in [2.05, 4.69) is 17.6 Å². The van der Waals surface area contributed by atoms with Crippen molar-refractivity contribution < 1.29 is 0 Å². The summed E-state index contributed by atoms with van der Waals surface area (Å²) in [4.78, 5) is 0. The Morgan fingerprint density at radius 2 is 2.38 bits per heavy atom. The monoisotopic (exact) mass is 115 g/mol. The van der Waals surface area contributed by atoms with Crippen LogP contribution in [0.1, 0.15) is 13.3 Å². The Bertz CT molecular complexity index is 74.1. The highest BCUT2D eigenvalue weighted by atomic mass is 15.4. The minimum atomic E-state index is 0.210. The van der Waals surface area contributed by atoms with Crippen LogP contribution in [0.3, 0.4) is 0 Å². The van der Waals surface area contributed by atoms with E-state index in [1.54, 1.807) is 0 Å². The molecule has 0 saturated carbocycles. The Kier molecular flexibility index (Phi) is 1.83. The van der Waals surface area contributed by atoms with E-state index in [-0.39, 0.29) is 6.17 Å². The van der Waals surface area contributed by atoms with Crippen molar-refractivity contribution in [1.29, 1.82) is 0 Å². The molecule has 1 heterocycles. The zero-order valence-electron chi connectivity index (χ0n) is 5.15. The van der Waals surface area contributed by atoms with Crippen LogP contribution in [0.5, 0.6) is 0 Å². The van der Waals surface area contributed by atoms with Crippen molar-refractivity contribution in [1.82, 2.24) is 10.6 Å². The molecule has 8 heavy (non-hydrogen) atoms. The van der Waals surface area contributed by atoms with Crippen molar-refractivity contribution in [2.75, 3.05) is 6.54 Å². The maximum atomic E-state index is 5.43. The molecule has 0 bridgehead atoms. The summed E-state index contributed by atoms with van der Waals surface area (Å²) in [6.07, 6.45) is 1.78. The molecule has 4 N–H and O–H groups in total. The van der Waals surface area contributed by atoms with Crippen LogP contribution in [0.25, 0.3) is 0 Å². The van der Waals surface area contributed by atoms with E-state index >= 15 is 0 Å². The fraction of sp³-hybridized carbons (Fsp3) is 1.00. The number of nitrogens with one attached hydrogen (secondary N) is 2. The predicted octanol–water partition coefficient (Wildman–Crippen LogP) is -0.800. The molecule has 1 fully saturated rings. The molecule has 1 rings (SSSR count). The van der Waals surface area contributed by atoms with Gasteiger partial charge in [-0.25, -0.2) is 0 Å². The van der Waals surface area contributed by atoms with Crippen molar-refractivity contribution in [3.05, 3.63) is 0 Å². The molecule has 0 amide bonds. The van der Waals surface area contributed by atoms with Crippen LogP contribution in [0.2, 0.25) is 0 Å². The molecule has 0 spiro atoms. The van der Waals surface area contributed by atoms with Gasteiger partial charge in [0.15, 0.2) is 0 Å². The van der Waals surface area contributed by atoms with E-state index in [0.29, 0.717) is 6.17 Å². The van der Waals surface area contributed by atoms with Crippen LogP contribution in [0, 0.1) is 0 Å². The third kappa shape index (κ3) is 1.43. The SMILES string of the molecule is CCCNC1NC1N. The van der Waals surface area contributed by atoms with Crippen LogP contribution in [-0.4, -0.2) is 18.9 Å². The highest BCUT2D eigenvalue weighted by molar-refractivity contribution is 4.90. The van der Waals surface area contributed by atoms with Gasteiger partial charge in [-0.2, -0.15) is 0 Å². The van der Waals surface area contributed by atoms with E-state index in [1.165, 1.54) is 6.42 Å². The largest absolute Gasteiger partial charge is 0.313 e. The van der Waals surface area contributed by atoms with E-state index in [0.717, 1.165) is 6.54 Å². The molecule has 0 aromatic rings. The predicted molar refractivity (Wildman–Crippen MR) is 33.2 cm³/mol. The summed E-state index contributed by atoms with van der Waals surface area (Å²) in [5.41, 5.74) is 5.43. The van der Waals surface area contributed by atoms with Gasteiger partial charge >= 0.3 is 0 Å². The molecular formula is C5H13N3. The second-order valence-corrected chi connectivity index (χ2v) is 2.12. The van der Waals surface area contributed by atoms with E-state index in [1.807, 2.05) is 0 Å². The standard InChI is InChI=1S/C5H13N3/c1-2-3-7-5-4(6)8-5/h4-5,7-8H,2-3,6H2,1H3. The first-order valence-electron chi connectivity index (χ1n) is 3.09. The third-order valence-electron chi connectivity index (χ3n) is 1.24.